The molecular formula is C9H20N2O. The lowest BCUT2D eigenvalue weighted by atomic mass is 9.76. The highest BCUT2D eigenvalue weighted by molar-refractivity contribution is 5.81. The number of hydrazine groups is 1. The minimum absolute atomic E-state index is 0.0996. The average molecular weight is 172 g/mol. The maximum absolute atomic E-state index is 11.3. The number of amides is 1. The van der Waals surface area contributed by atoms with Gasteiger partial charge >= 0.3 is 0 Å². The minimum atomic E-state index is -0.382. The van der Waals surface area contributed by atoms with Crippen molar-refractivity contribution in [3.05, 3.63) is 0 Å². The molecule has 0 aliphatic carbocycles. The van der Waals surface area contributed by atoms with Gasteiger partial charge in [-0.25, -0.2) is 5.84 Å². The van der Waals surface area contributed by atoms with Crippen LogP contribution in [0.3, 0.4) is 0 Å². The van der Waals surface area contributed by atoms with Crippen molar-refractivity contribution >= 4 is 5.91 Å². The molecule has 3 heteroatoms. The summed E-state index contributed by atoms with van der Waals surface area (Å²) >= 11 is 0. The Kier molecular flexibility index (Phi) is 3.27. The van der Waals surface area contributed by atoms with E-state index in [9.17, 15) is 4.79 Å². The van der Waals surface area contributed by atoms with Crippen LogP contribution in [0.5, 0.6) is 0 Å². The van der Waals surface area contributed by atoms with Crippen LogP contribution in [0.15, 0.2) is 0 Å². The molecule has 0 aliphatic rings. The van der Waals surface area contributed by atoms with E-state index < -0.39 is 0 Å². The molecule has 0 bridgehead atoms. The van der Waals surface area contributed by atoms with Crippen LogP contribution in [0, 0.1) is 10.8 Å². The fourth-order valence-electron chi connectivity index (χ4n) is 1.60. The molecule has 3 nitrogen and oxygen atoms in total. The van der Waals surface area contributed by atoms with Gasteiger partial charge in [-0.05, 0) is 11.8 Å². The SMILES string of the molecule is CC(C)(C)CC(C)(C)C(=O)NN. The largest absolute Gasteiger partial charge is 0.294 e. The third-order valence-corrected chi connectivity index (χ3v) is 1.72. The Morgan fingerprint density at radius 1 is 1.25 bits per heavy atom. The molecule has 12 heavy (non-hydrogen) atoms. The van der Waals surface area contributed by atoms with Gasteiger partial charge in [-0.15, -0.1) is 0 Å². The van der Waals surface area contributed by atoms with Crippen molar-refractivity contribution in [3.63, 3.8) is 0 Å². The highest BCUT2D eigenvalue weighted by Gasteiger charge is 2.31. The maximum atomic E-state index is 11.3. The molecule has 0 spiro atoms. The van der Waals surface area contributed by atoms with Gasteiger partial charge in [0.05, 0.1) is 0 Å². The lowest BCUT2D eigenvalue weighted by Gasteiger charge is -2.30. The van der Waals surface area contributed by atoms with E-state index in [-0.39, 0.29) is 16.7 Å². The molecule has 0 saturated heterocycles. The zero-order valence-corrected chi connectivity index (χ0v) is 8.69. The zero-order valence-electron chi connectivity index (χ0n) is 8.69. The molecule has 0 saturated carbocycles. The Bertz CT molecular complexity index is 168. The first kappa shape index (κ1) is 11.4. The predicted octanol–water partition coefficient (Wildman–Crippen LogP) is 1.44. The first-order chi connectivity index (χ1) is 5.19. The molecule has 3 N–H and O–H groups in total. The van der Waals surface area contributed by atoms with E-state index in [0.717, 1.165) is 6.42 Å². The normalized spacial score (nSPS) is 12.8. The van der Waals surface area contributed by atoms with Gasteiger partial charge < -0.3 is 0 Å². The summed E-state index contributed by atoms with van der Waals surface area (Å²) in [6.45, 7) is 10.1. The Morgan fingerprint density at radius 2 is 1.67 bits per heavy atom. The number of hydrogen-bond acceptors (Lipinski definition) is 2. The molecule has 0 atom stereocenters. The highest BCUT2D eigenvalue weighted by atomic mass is 16.2. The van der Waals surface area contributed by atoms with Crippen molar-refractivity contribution in [2.45, 2.75) is 41.0 Å². The van der Waals surface area contributed by atoms with Crippen molar-refractivity contribution in [2.24, 2.45) is 16.7 Å². The summed E-state index contributed by atoms with van der Waals surface area (Å²) in [6.07, 6.45) is 0.822. The molecule has 0 fully saturated rings. The summed E-state index contributed by atoms with van der Waals surface area (Å²) in [5.41, 5.74) is 1.96. The standard InChI is InChI=1S/C9H20N2O/c1-8(2,3)6-9(4,5)7(12)11-10/h6,10H2,1-5H3,(H,11,12). The van der Waals surface area contributed by atoms with Crippen LogP contribution in [-0.2, 0) is 4.79 Å². The molecule has 0 heterocycles. The molecule has 72 valence electrons. The number of hydrogen-bond donors (Lipinski definition) is 2. The number of rotatable bonds is 2. The summed E-state index contributed by atoms with van der Waals surface area (Å²) in [4.78, 5) is 11.3. The average Bonchev–Trinajstić information content (AvgIpc) is 1.80. The Morgan fingerprint density at radius 3 is 1.92 bits per heavy atom. The predicted molar refractivity (Wildman–Crippen MR) is 50.2 cm³/mol. The van der Waals surface area contributed by atoms with Crippen LogP contribution >= 0.6 is 0 Å². The monoisotopic (exact) mass is 172 g/mol. The van der Waals surface area contributed by atoms with Crippen LogP contribution in [0.2, 0.25) is 0 Å². The van der Waals surface area contributed by atoms with E-state index in [2.05, 4.69) is 26.2 Å². The van der Waals surface area contributed by atoms with Crippen molar-refractivity contribution in [2.75, 3.05) is 0 Å². The number of nitrogens with one attached hydrogen (secondary N) is 1. The number of carbonyl (C=O) groups excluding carboxylic acids is 1. The Labute approximate surface area is 74.7 Å². The van der Waals surface area contributed by atoms with Gasteiger partial charge in [-0.1, -0.05) is 34.6 Å². The van der Waals surface area contributed by atoms with Crippen molar-refractivity contribution in [3.8, 4) is 0 Å². The fourth-order valence-corrected chi connectivity index (χ4v) is 1.60. The fraction of sp³-hybridized carbons (Fsp3) is 0.889. The molecule has 0 rings (SSSR count). The van der Waals surface area contributed by atoms with Gasteiger partial charge in [0.15, 0.2) is 0 Å². The lowest BCUT2D eigenvalue weighted by Crippen LogP contribution is -2.42. The molecule has 0 aromatic carbocycles. The molecule has 0 aromatic heterocycles. The van der Waals surface area contributed by atoms with Crippen LogP contribution in [-0.4, -0.2) is 5.91 Å². The molecule has 0 radical (unpaired) electrons. The molecule has 1 amide bonds. The first-order valence-corrected chi connectivity index (χ1v) is 4.20. The summed E-state index contributed by atoms with van der Waals surface area (Å²) in [5.74, 6) is 4.98. The highest BCUT2D eigenvalue weighted by Crippen LogP contribution is 2.32. The van der Waals surface area contributed by atoms with Gasteiger partial charge in [0.1, 0.15) is 0 Å². The Hall–Kier alpha value is -0.570. The van der Waals surface area contributed by atoms with Crippen molar-refractivity contribution in [1.82, 2.24) is 5.43 Å². The van der Waals surface area contributed by atoms with Gasteiger partial charge in [0, 0.05) is 5.41 Å². The zero-order chi connectivity index (χ0) is 9.99. The Balaban J connectivity index is 4.32. The second-order valence-corrected chi connectivity index (χ2v) is 5.09. The molecule has 0 aliphatic heterocycles. The first-order valence-electron chi connectivity index (χ1n) is 4.20. The second kappa shape index (κ2) is 3.44. The molecular weight excluding hydrogens is 152 g/mol. The van der Waals surface area contributed by atoms with Crippen LogP contribution in [0.25, 0.3) is 0 Å². The smallest absolute Gasteiger partial charge is 0.239 e. The number of nitrogens with two attached hydrogens (primary N) is 1. The summed E-state index contributed by atoms with van der Waals surface area (Å²) < 4.78 is 0. The lowest BCUT2D eigenvalue weighted by molar-refractivity contribution is -0.130. The summed E-state index contributed by atoms with van der Waals surface area (Å²) in [6, 6.07) is 0. The number of carbonyl (C=O) groups is 1. The molecule has 0 unspecified atom stereocenters. The third kappa shape index (κ3) is 3.72. The van der Waals surface area contributed by atoms with Crippen molar-refractivity contribution in [1.29, 1.82) is 0 Å². The van der Waals surface area contributed by atoms with Gasteiger partial charge in [-0.3, -0.25) is 10.2 Å². The van der Waals surface area contributed by atoms with Crippen LogP contribution in [0.4, 0.5) is 0 Å². The summed E-state index contributed by atoms with van der Waals surface area (Å²) in [7, 11) is 0. The third-order valence-electron chi connectivity index (χ3n) is 1.72. The quantitative estimate of drug-likeness (QED) is 0.376. The van der Waals surface area contributed by atoms with Gasteiger partial charge in [0.25, 0.3) is 0 Å². The summed E-state index contributed by atoms with van der Waals surface area (Å²) in [5, 5.41) is 0. The molecule has 0 aromatic rings. The second-order valence-electron chi connectivity index (χ2n) is 5.09. The van der Waals surface area contributed by atoms with Crippen LogP contribution < -0.4 is 11.3 Å². The van der Waals surface area contributed by atoms with E-state index >= 15 is 0 Å². The van der Waals surface area contributed by atoms with Crippen LogP contribution in [0.1, 0.15) is 41.0 Å². The van der Waals surface area contributed by atoms with E-state index in [1.54, 1.807) is 0 Å². The van der Waals surface area contributed by atoms with E-state index in [1.165, 1.54) is 0 Å². The maximum Gasteiger partial charge on any atom is 0.239 e. The van der Waals surface area contributed by atoms with E-state index in [1.807, 2.05) is 13.8 Å². The minimum Gasteiger partial charge on any atom is -0.294 e. The van der Waals surface area contributed by atoms with Gasteiger partial charge in [-0.2, -0.15) is 0 Å². The van der Waals surface area contributed by atoms with Crippen molar-refractivity contribution < 1.29 is 4.79 Å². The van der Waals surface area contributed by atoms with Gasteiger partial charge in [0.2, 0.25) is 5.91 Å². The van der Waals surface area contributed by atoms with E-state index in [4.69, 9.17) is 5.84 Å². The van der Waals surface area contributed by atoms with E-state index in [0.29, 0.717) is 0 Å². The topological polar surface area (TPSA) is 55.1 Å².